The van der Waals surface area contributed by atoms with E-state index < -0.39 is 4.75 Å². The number of fused-ring (bicyclic) bond motifs is 1. The minimum atomic E-state index is -0.470. The molecule has 0 spiro atoms. The fraction of sp³-hybridized carbons (Fsp3) is 0.222. The van der Waals surface area contributed by atoms with Gasteiger partial charge in [-0.3, -0.25) is 4.79 Å². The van der Waals surface area contributed by atoms with Crippen LogP contribution in [0, 0.1) is 0 Å². The maximum atomic E-state index is 11.8. The van der Waals surface area contributed by atoms with Gasteiger partial charge in [0.2, 0.25) is 0 Å². The van der Waals surface area contributed by atoms with Crippen molar-refractivity contribution in [3.05, 3.63) is 54.7 Å². The van der Waals surface area contributed by atoms with Crippen molar-refractivity contribution >= 4 is 28.3 Å². The molecular formula is C18H18N2OS. The predicted octanol–water partition coefficient (Wildman–Crippen LogP) is 4.49. The third-order valence-corrected chi connectivity index (χ3v) is 5.13. The van der Waals surface area contributed by atoms with Gasteiger partial charge in [0.1, 0.15) is 10.8 Å². The molecule has 0 aliphatic rings. The van der Waals surface area contributed by atoms with Crippen molar-refractivity contribution in [2.24, 2.45) is 0 Å². The average Bonchev–Trinajstić information content (AvgIpc) is 2.93. The molecule has 0 aliphatic heterocycles. The van der Waals surface area contributed by atoms with E-state index in [-0.39, 0.29) is 5.78 Å². The van der Waals surface area contributed by atoms with Crippen molar-refractivity contribution in [1.82, 2.24) is 9.78 Å². The summed E-state index contributed by atoms with van der Waals surface area (Å²) in [4.78, 5) is 11.8. The molecule has 0 fully saturated rings. The molecule has 1 heterocycles. The molecule has 0 saturated carbocycles. The zero-order valence-corrected chi connectivity index (χ0v) is 13.7. The SMILES string of the molecule is CC(=O)C(C)(C)Sc1ccnn1-c1cccc2ccccc12. The lowest BCUT2D eigenvalue weighted by Crippen LogP contribution is -2.25. The summed E-state index contributed by atoms with van der Waals surface area (Å²) in [5.41, 5.74) is 1.03. The zero-order chi connectivity index (χ0) is 15.7. The molecule has 22 heavy (non-hydrogen) atoms. The normalized spacial score (nSPS) is 11.8. The van der Waals surface area contributed by atoms with Gasteiger partial charge in [0.15, 0.2) is 0 Å². The van der Waals surface area contributed by atoms with E-state index in [1.165, 1.54) is 5.39 Å². The van der Waals surface area contributed by atoms with E-state index in [4.69, 9.17) is 0 Å². The van der Waals surface area contributed by atoms with Crippen molar-refractivity contribution in [2.75, 3.05) is 0 Å². The van der Waals surface area contributed by atoms with E-state index in [1.807, 2.05) is 42.8 Å². The number of aromatic nitrogens is 2. The third kappa shape index (κ3) is 2.66. The molecule has 0 saturated heterocycles. The van der Waals surface area contributed by atoms with Gasteiger partial charge in [-0.25, -0.2) is 4.68 Å². The fourth-order valence-electron chi connectivity index (χ4n) is 2.28. The van der Waals surface area contributed by atoms with Gasteiger partial charge in [-0.1, -0.05) is 48.2 Å². The number of rotatable bonds is 4. The molecule has 0 aliphatic carbocycles. The van der Waals surface area contributed by atoms with Crippen molar-refractivity contribution < 1.29 is 4.79 Å². The number of ketones is 1. The minimum Gasteiger partial charge on any atom is -0.298 e. The molecule has 0 amide bonds. The van der Waals surface area contributed by atoms with Gasteiger partial charge < -0.3 is 0 Å². The highest BCUT2D eigenvalue weighted by Crippen LogP contribution is 2.35. The van der Waals surface area contributed by atoms with E-state index in [1.54, 1.807) is 24.9 Å². The summed E-state index contributed by atoms with van der Waals surface area (Å²) < 4.78 is 1.44. The highest BCUT2D eigenvalue weighted by molar-refractivity contribution is 8.01. The monoisotopic (exact) mass is 310 g/mol. The van der Waals surface area contributed by atoms with Gasteiger partial charge in [-0.15, -0.1) is 0 Å². The van der Waals surface area contributed by atoms with Crippen LogP contribution in [-0.4, -0.2) is 20.3 Å². The minimum absolute atomic E-state index is 0.156. The zero-order valence-electron chi connectivity index (χ0n) is 12.9. The summed E-state index contributed by atoms with van der Waals surface area (Å²) in [5, 5.41) is 7.76. The molecule has 3 aromatic rings. The molecule has 4 heteroatoms. The summed E-state index contributed by atoms with van der Waals surface area (Å²) in [6.45, 7) is 5.52. The second-order valence-corrected chi connectivity index (χ2v) is 7.39. The predicted molar refractivity (Wildman–Crippen MR) is 91.7 cm³/mol. The van der Waals surface area contributed by atoms with Crippen LogP contribution in [0.4, 0.5) is 0 Å². The van der Waals surface area contributed by atoms with E-state index >= 15 is 0 Å². The van der Waals surface area contributed by atoms with Gasteiger partial charge in [0.05, 0.1) is 16.6 Å². The summed E-state index contributed by atoms with van der Waals surface area (Å²) in [7, 11) is 0. The summed E-state index contributed by atoms with van der Waals surface area (Å²) in [6.07, 6.45) is 1.78. The van der Waals surface area contributed by atoms with E-state index in [2.05, 4.69) is 29.4 Å². The number of hydrogen-bond donors (Lipinski definition) is 0. The first-order chi connectivity index (χ1) is 10.5. The van der Waals surface area contributed by atoms with Crippen molar-refractivity contribution in [2.45, 2.75) is 30.5 Å². The Morgan fingerprint density at radius 1 is 1.09 bits per heavy atom. The number of carbonyl (C=O) groups excluding carboxylic acids is 1. The number of hydrogen-bond acceptors (Lipinski definition) is 3. The Bertz CT molecular complexity index is 830. The lowest BCUT2D eigenvalue weighted by atomic mass is 10.1. The number of Topliss-reactive ketones (excluding diaryl/α,β-unsaturated/α-hetero) is 1. The van der Waals surface area contributed by atoms with Gasteiger partial charge in [-0.2, -0.15) is 5.10 Å². The molecule has 2 aromatic carbocycles. The Hall–Kier alpha value is -2.07. The second-order valence-electron chi connectivity index (χ2n) is 5.75. The molecule has 3 nitrogen and oxygen atoms in total. The largest absolute Gasteiger partial charge is 0.298 e. The number of nitrogens with zero attached hydrogens (tertiary/aromatic N) is 2. The second kappa shape index (κ2) is 5.61. The smallest absolute Gasteiger partial charge is 0.145 e. The van der Waals surface area contributed by atoms with Crippen LogP contribution in [0.15, 0.2) is 59.8 Å². The number of carbonyl (C=O) groups is 1. The first-order valence-electron chi connectivity index (χ1n) is 7.21. The lowest BCUT2D eigenvalue weighted by molar-refractivity contribution is -0.118. The van der Waals surface area contributed by atoms with E-state index in [0.717, 1.165) is 16.1 Å². The van der Waals surface area contributed by atoms with Crippen LogP contribution < -0.4 is 0 Å². The van der Waals surface area contributed by atoms with Crippen molar-refractivity contribution in [3.63, 3.8) is 0 Å². The van der Waals surface area contributed by atoms with Gasteiger partial charge in [-0.05, 0) is 38.3 Å². The van der Waals surface area contributed by atoms with Crippen molar-refractivity contribution in [3.8, 4) is 5.69 Å². The Labute approximate surface area is 134 Å². The van der Waals surface area contributed by atoms with Crippen molar-refractivity contribution in [1.29, 1.82) is 0 Å². The fourth-order valence-corrected chi connectivity index (χ4v) is 3.30. The van der Waals surface area contributed by atoms with Crippen LogP contribution in [0.1, 0.15) is 20.8 Å². The first-order valence-corrected chi connectivity index (χ1v) is 8.03. The maximum Gasteiger partial charge on any atom is 0.145 e. The molecule has 0 N–H and O–H groups in total. The summed E-state index contributed by atoms with van der Waals surface area (Å²) in [5.74, 6) is 0.156. The van der Waals surface area contributed by atoms with Crippen LogP contribution in [0.25, 0.3) is 16.5 Å². The number of benzene rings is 2. The summed E-state index contributed by atoms with van der Waals surface area (Å²) in [6, 6.07) is 16.4. The van der Waals surface area contributed by atoms with Crippen LogP contribution in [0.2, 0.25) is 0 Å². The Balaban J connectivity index is 2.10. The molecule has 112 valence electrons. The van der Waals surface area contributed by atoms with Gasteiger partial charge in [0.25, 0.3) is 0 Å². The van der Waals surface area contributed by atoms with Crippen LogP contribution >= 0.6 is 11.8 Å². The standard InChI is InChI=1S/C18H18N2OS/c1-13(21)18(2,3)22-17-11-12-19-20(17)16-10-6-8-14-7-4-5-9-15(14)16/h4-12H,1-3H3. The van der Waals surface area contributed by atoms with Crippen LogP contribution in [0.5, 0.6) is 0 Å². The van der Waals surface area contributed by atoms with Gasteiger partial charge >= 0.3 is 0 Å². The first kappa shape index (κ1) is 14.9. The molecule has 0 atom stereocenters. The Morgan fingerprint density at radius 3 is 2.59 bits per heavy atom. The Morgan fingerprint density at radius 2 is 1.82 bits per heavy atom. The molecule has 0 unspecified atom stereocenters. The van der Waals surface area contributed by atoms with E-state index in [9.17, 15) is 4.79 Å². The molecule has 1 aromatic heterocycles. The topological polar surface area (TPSA) is 34.9 Å². The highest BCUT2D eigenvalue weighted by Gasteiger charge is 2.27. The van der Waals surface area contributed by atoms with Crippen LogP contribution in [0.3, 0.4) is 0 Å². The van der Waals surface area contributed by atoms with E-state index in [0.29, 0.717) is 0 Å². The molecule has 0 radical (unpaired) electrons. The molecule has 3 rings (SSSR count). The third-order valence-electron chi connectivity index (χ3n) is 3.81. The quantitative estimate of drug-likeness (QED) is 0.666. The molecular weight excluding hydrogens is 292 g/mol. The highest BCUT2D eigenvalue weighted by atomic mass is 32.2. The van der Waals surface area contributed by atoms with Gasteiger partial charge in [0, 0.05) is 5.39 Å². The summed E-state index contributed by atoms with van der Waals surface area (Å²) >= 11 is 1.54. The number of thioether (sulfide) groups is 1. The Kier molecular flexibility index (Phi) is 3.79. The maximum absolute atomic E-state index is 11.8. The lowest BCUT2D eigenvalue weighted by Gasteiger charge is -2.21. The average molecular weight is 310 g/mol. The molecule has 0 bridgehead atoms. The van der Waals surface area contributed by atoms with Crippen LogP contribution in [-0.2, 0) is 4.79 Å².